The molecule has 4 nitrogen and oxygen atoms in total. The first kappa shape index (κ1) is 16.5. The fourth-order valence-electron chi connectivity index (χ4n) is 1.92. The van der Waals surface area contributed by atoms with Crippen LogP contribution in [0.15, 0.2) is 30.3 Å². The molecule has 2 aromatic carbocycles. The first-order chi connectivity index (χ1) is 10.4. The van der Waals surface area contributed by atoms with Crippen LogP contribution in [-0.4, -0.2) is 12.5 Å². The van der Waals surface area contributed by atoms with E-state index in [0.717, 1.165) is 11.1 Å². The lowest BCUT2D eigenvalue weighted by Gasteiger charge is -2.12. The molecule has 0 fully saturated rings. The maximum atomic E-state index is 12.0. The van der Waals surface area contributed by atoms with Crippen LogP contribution < -0.4 is 15.8 Å². The molecule has 22 heavy (non-hydrogen) atoms. The standard InChI is InChI=1S/C16H16Cl2N2O2/c1-9-6-13(19)14(7-12(9)18)20-16(21)8-22-15-4-3-11(17)5-10(15)2/h3-7H,8,19H2,1-2H3,(H,20,21). The van der Waals surface area contributed by atoms with E-state index in [9.17, 15) is 4.79 Å². The van der Waals surface area contributed by atoms with Crippen molar-refractivity contribution in [2.45, 2.75) is 13.8 Å². The van der Waals surface area contributed by atoms with E-state index in [1.807, 2.05) is 13.8 Å². The van der Waals surface area contributed by atoms with Crippen molar-refractivity contribution in [3.05, 3.63) is 51.5 Å². The second-order valence-electron chi connectivity index (χ2n) is 4.94. The molecule has 1 amide bonds. The molecule has 0 atom stereocenters. The summed E-state index contributed by atoms with van der Waals surface area (Å²) in [5.41, 5.74) is 8.50. The van der Waals surface area contributed by atoms with Crippen molar-refractivity contribution in [1.29, 1.82) is 0 Å². The molecule has 0 spiro atoms. The summed E-state index contributed by atoms with van der Waals surface area (Å²) in [4.78, 5) is 12.0. The third kappa shape index (κ3) is 4.06. The molecule has 116 valence electrons. The van der Waals surface area contributed by atoms with Gasteiger partial charge in [0.25, 0.3) is 5.91 Å². The second kappa shape index (κ2) is 6.90. The maximum Gasteiger partial charge on any atom is 0.262 e. The van der Waals surface area contributed by atoms with E-state index in [2.05, 4.69) is 5.32 Å². The number of aryl methyl sites for hydroxylation is 2. The molecule has 0 aliphatic carbocycles. The monoisotopic (exact) mass is 338 g/mol. The zero-order chi connectivity index (χ0) is 16.3. The Bertz CT molecular complexity index is 718. The number of amides is 1. The van der Waals surface area contributed by atoms with Crippen LogP contribution in [0.3, 0.4) is 0 Å². The molecule has 0 aliphatic rings. The summed E-state index contributed by atoms with van der Waals surface area (Å²) >= 11 is 11.9. The Kier molecular flexibility index (Phi) is 5.16. The highest BCUT2D eigenvalue weighted by molar-refractivity contribution is 6.32. The minimum Gasteiger partial charge on any atom is -0.483 e. The minimum absolute atomic E-state index is 0.132. The van der Waals surface area contributed by atoms with Gasteiger partial charge in [-0.05, 0) is 55.3 Å². The zero-order valence-corrected chi connectivity index (χ0v) is 13.8. The number of halogens is 2. The lowest BCUT2D eigenvalue weighted by atomic mass is 10.2. The number of carbonyl (C=O) groups is 1. The van der Waals surface area contributed by atoms with Gasteiger partial charge in [-0.15, -0.1) is 0 Å². The molecule has 2 rings (SSSR count). The van der Waals surface area contributed by atoms with E-state index >= 15 is 0 Å². The molecular formula is C16H16Cl2N2O2. The van der Waals surface area contributed by atoms with Crippen molar-refractivity contribution in [2.75, 3.05) is 17.7 Å². The molecule has 0 heterocycles. The Morgan fingerprint density at radius 1 is 1.18 bits per heavy atom. The van der Waals surface area contributed by atoms with Crippen molar-refractivity contribution in [2.24, 2.45) is 0 Å². The summed E-state index contributed by atoms with van der Waals surface area (Å²) < 4.78 is 5.48. The van der Waals surface area contributed by atoms with Gasteiger partial charge in [0.1, 0.15) is 5.75 Å². The number of hydrogen-bond acceptors (Lipinski definition) is 3. The quantitative estimate of drug-likeness (QED) is 0.820. The van der Waals surface area contributed by atoms with E-state index in [0.29, 0.717) is 27.2 Å². The molecule has 0 aromatic heterocycles. The van der Waals surface area contributed by atoms with Gasteiger partial charge in [0.15, 0.2) is 6.61 Å². The molecule has 0 aliphatic heterocycles. The molecule has 0 unspecified atom stereocenters. The minimum atomic E-state index is -0.319. The van der Waals surface area contributed by atoms with Gasteiger partial charge in [0, 0.05) is 10.0 Å². The van der Waals surface area contributed by atoms with Gasteiger partial charge in [-0.3, -0.25) is 4.79 Å². The Morgan fingerprint density at radius 3 is 2.59 bits per heavy atom. The molecule has 3 N–H and O–H groups in total. The van der Waals surface area contributed by atoms with Gasteiger partial charge in [0.2, 0.25) is 0 Å². The first-order valence-electron chi connectivity index (χ1n) is 6.61. The fourth-order valence-corrected chi connectivity index (χ4v) is 2.31. The number of nitrogen functional groups attached to an aromatic ring is 1. The fraction of sp³-hybridized carbons (Fsp3) is 0.188. The van der Waals surface area contributed by atoms with Crippen LogP contribution in [0.2, 0.25) is 10.0 Å². The third-order valence-electron chi connectivity index (χ3n) is 3.10. The summed E-state index contributed by atoms with van der Waals surface area (Å²) in [6, 6.07) is 8.54. The van der Waals surface area contributed by atoms with E-state index < -0.39 is 0 Å². The van der Waals surface area contributed by atoms with Gasteiger partial charge in [-0.1, -0.05) is 23.2 Å². The summed E-state index contributed by atoms with van der Waals surface area (Å²) in [5, 5.41) is 3.84. The first-order valence-corrected chi connectivity index (χ1v) is 7.37. The smallest absolute Gasteiger partial charge is 0.262 e. The van der Waals surface area contributed by atoms with Crippen molar-refractivity contribution < 1.29 is 9.53 Å². The summed E-state index contributed by atoms with van der Waals surface area (Å²) in [7, 11) is 0. The van der Waals surface area contributed by atoms with Crippen molar-refractivity contribution >= 4 is 40.5 Å². The largest absolute Gasteiger partial charge is 0.483 e. The van der Waals surface area contributed by atoms with Crippen LogP contribution in [0.5, 0.6) is 5.75 Å². The van der Waals surface area contributed by atoms with Crippen LogP contribution in [0, 0.1) is 13.8 Å². The molecular weight excluding hydrogens is 323 g/mol. The number of hydrogen-bond donors (Lipinski definition) is 2. The van der Waals surface area contributed by atoms with Crippen molar-refractivity contribution in [3.63, 3.8) is 0 Å². The Morgan fingerprint density at radius 2 is 1.91 bits per heavy atom. The second-order valence-corrected chi connectivity index (χ2v) is 5.78. The van der Waals surface area contributed by atoms with E-state index in [-0.39, 0.29) is 12.5 Å². The number of nitrogens with two attached hydrogens (primary N) is 1. The number of benzene rings is 2. The van der Waals surface area contributed by atoms with Gasteiger partial charge in [0.05, 0.1) is 11.4 Å². The number of carbonyl (C=O) groups excluding carboxylic acids is 1. The summed E-state index contributed by atoms with van der Waals surface area (Å²) in [5.74, 6) is 0.287. The van der Waals surface area contributed by atoms with E-state index in [1.165, 1.54) is 0 Å². The predicted molar refractivity (Wildman–Crippen MR) is 90.9 cm³/mol. The van der Waals surface area contributed by atoms with E-state index in [4.69, 9.17) is 33.7 Å². The topological polar surface area (TPSA) is 64.3 Å². The molecule has 6 heteroatoms. The lowest BCUT2D eigenvalue weighted by Crippen LogP contribution is -2.21. The molecule has 0 radical (unpaired) electrons. The zero-order valence-electron chi connectivity index (χ0n) is 12.2. The Labute approximate surface area is 139 Å². The van der Waals surface area contributed by atoms with Gasteiger partial charge in [-0.25, -0.2) is 0 Å². The molecule has 0 saturated heterocycles. The average molecular weight is 339 g/mol. The number of rotatable bonds is 4. The SMILES string of the molecule is Cc1cc(N)c(NC(=O)COc2ccc(Cl)cc2C)cc1Cl. The van der Waals surface area contributed by atoms with E-state index in [1.54, 1.807) is 30.3 Å². The number of nitrogens with one attached hydrogen (secondary N) is 1. The van der Waals surface area contributed by atoms with Crippen molar-refractivity contribution in [1.82, 2.24) is 0 Å². The highest BCUT2D eigenvalue weighted by atomic mass is 35.5. The Hall–Kier alpha value is -1.91. The Balaban J connectivity index is 2.00. The maximum absolute atomic E-state index is 12.0. The van der Waals surface area contributed by atoms with Crippen LogP contribution >= 0.6 is 23.2 Å². The van der Waals surface area contributed by atoms with Crippen LogP contribution in [0.25, 0.3) is 0 Å². The van der Waals surface area contributed by atoms with Gasteiger partial charge in [-0.2, -0.15) is 0 Å². The van der Waals surface area contributed by atoms with Gasteiger partial charge >= 0.3 is 0 Å². The van der Waals surface area contributed by atoms with Crippen LogP contribution in [-0.2, 0) is 4.79 Å². The third-order valence-corrected chi connectivity index (χ3v) is 3.74. The number of ether oxygens (including phenoxy) is 1. The van der Waals surface area contributed by atoms with Crippen LogP contribution in [0.4, 0.5) is 11.4 Å². The average Bonchev–Trinajstić information content (AvgIpc) is 2.44. The number of anilines is 2. The highest BCUT2D eigenvalue weighted by Gasteiger charge is 2.09. The molecule has 2 aromatic rings. The van der Waals surface area contributed by atoms with Crippen molar-refractivity contribution in [3.8, 4) is 5.75 Å². The normalized spacial score (nSPS) is 10.4. The summed E-state index contributed by atoms with van der Waals surface area (Å²) in [6.45, 7) is 3.57. The lowest BCUT2D eigenvalue weighted by molar-refractivity contribution is -0.118. The highest BCUT2D eigenvalue weighted by Crippen LogP contribution is 2.27. The molecule has 0 saturated carbocycles. The predicted octanol–water partition coefficient (Wildman–Crippen LogP) is 4.21. The molecule has 0 bridgehead atoms. The van der Waals surface area contributed by atoms with Crippen LogP contribution in [0.1, 0.15) is 11.1 Å². The van der Waals surface area contributed by atoms with Gasteiger partial charge < -0.3 is 15.8 Å². The summed E-state index contributed by atoms with van der Waals surface area (Å²) in [6.07, 6.45) is 0.